The molecular formula is C14H19F3N2O3. The Bertz CT molecular complexity index is 463. The molecule has 0 radical (unpaired) electrons. The number of hydrogen-bond donors (Lipinski definition) is 1. The first-order valence-corrected chi connectivity index (χ1v) is 6.59. The summed E-state index contributed by atoms with van der Waals surface area (Å²) in [5.41, 5.74) is 0. The van der Waals surface area contributed by atoms with Gasteiger partial charge in [0, 0.05) is 6.54 Å². The van der Waals surface area contributed by atoms with E-state index in [1.807, 2.05) is 5.32 Å². The average molecular weight is 320 g/mol. The molecule has 1 rings (SSSR count). The van der Waals surface area contributed by atoms with Crippen LogP contribution in [0.1, 0.15) is 0 Å². The van der Waals surface area contributed by atoms with Gasteiger partial charge < -0.3 is 14.8 Å². The Kier molecular flexibility index (Phi) is 6.97. The molecule has 0 bridgehead atoms. The predicted octanol–water partition coefficient (Wildman–Crippen LogP) is 1.68. The van der Waals surface area contributed by atoms with Crippen molar-refractivity contribution >= 4 is 5.91 Å². The lowest BCUT2D eigenvalue weighted by Gasteiger charge is -2.17. The minimum atomic E-state index is -4.40. The summed E-state index contributed by atoms with van der Waals surface area (Å²) < 4.78 is 46.3. The van der Waals surface area contributed by atoms with Gasteiger partial charge in [-0.3, -0.25) is 9.69 Å². The topological polar surface area (TPSA) is 50.8 Å². The van der Waals surface area contributed by atoms with Crippen LogP contribution in [0.25, 0.3) is 0 Å². The summed E-state index contributed by atoms with van der Waals surface area (Å²) in [4.78, 5) is 12.9. The van der Waals surface area contributed by atoms with Gasteiger partial charge in [-0.15, -0.1) is 0 Å². The van der Waals surface area contributed by atoms with Gasteiger partial charge in [0.25, 0.3) is 0 Å². The molecule has 0 saturated heterocycles. The molecule has 0 fully saturated rings. The van der Waals surface area contributed by atoms with Crippen LogP contribution in [0.15, 0.2) is 24.3 Å². The number of likely N-dealkylation sites (N-methyl/N-ethyl adjacent to an activating group) is 1. The number of carbonyl (C=O) groups is 1. The normalized spacial score (nSPS) is 11.4. The fraction of sp³-hybridized carbons (Fsp3) is 0.500. The molecule has 22 heavy (non-hydrogen) atoms. The van der Waals surface area contributed by atoms with Crippen molar-refractivity contribution in [2.45, 2.75) is 6.18 Å². The second-order valence-electron chi connectivity index (χ2n) is 4.65. The van der Waals surface area contributed by atoms with E-state index in [0.29, 0.717) is 24.7 Å². The minimum Gasteiger partial charge on any atom is -0.497 e. The van der Waals surface area contributed by atoms with Gasteiger partial charge in [-0.05, 0) is 31.3 Å². The maximum Gasteiger partial charge on any atom is 0.405 e. The van der Waals surface area contributed by atoms with Crippen LogP contribution in [-0.2, 0) is 4.79 Å². The van der Waals surface area contributed by atoms with Crippen LogP contribution in [-0.4, -0.2) is 57.4 Å². The first-order chi connectivity index (χ1) is 10.3. The number of alkyl halides is 3. The van der Waals surface area contributed by atoms with E-state index in [0.717, 1.165) is 0 Å². The summed E-state index contributed by atoms with van der Waals surface area (Å²) >= 11 is 0. The number of rotatable bonds is 8. The molecule has 0 aromatic heterocycles. The zero-order chi connectivity index (χ0) is 16.6. The summed E-state index contributed by atoms with van der Waals surface area (Å²) in [6, 6.07) is 7.00. The second kappa shape index (κ2) is 8.47. The lowest BCUT2D eigenvalue weighted by Crippen LogP contribution is -2.40. The van der Waals surface area contributed by atoms with Crippen molar-refractivity contribution in [2.75, 3.05) is 40.4 Å². The van der Waals surface area contributed by atoms with E-state index in [-0.39, 0.29) is 6.54 Å². The maximum absolute atomic E-state index is 11.9. The molecule has 0 heterocycles. The summed E-state index contributed by atoms with van der Waals surface area (Å²) in [6.45, 7) is -0.717. The second-order valence-corrected chi connectivity index (χ2v) is 4.65. The number of amides is 1. The van der Waals surface area contributed by atoms with E-state index in [1.165, 1.54) is 0 Å². The third-order valence-corrected chi connectivity index (χ3v) is 2.70. The largest absolute Gasteiger partial charge is 0.497 e. The van der Waals surface area contributed by atoms with Gasteiger partial charge in [0.05, 0.1) is 13.7 Å². The fourth-order valence-corrected chi connectivity index (χ4v) is 1.57. The summed E-state index contributed by atoms with van der Waals surface area (Å²) in [5.74, 6) is 0.686. The summed E-state index contributed by atoms with van der Waals surface area (Å²) in [5, 5.41) is 1.81. The first-order valence-electron chi connectivity index (χ1n) is 6.59. The van der Waals surface area contributed by atoms with Gasteiger partial charge in [-0.25, -0.2) is 0 Å². The monoisotopic (exact) mass is 320 g/mol. The number of methoxy groups -OCH3 is 1. The molecular weight excluding hydrogens is 301 g/mol. The minimum absolute atomic E-state index is 0.123. The van der Waals surface area contributed by atoms with Gasteiger partial charge in [-0.1, -0.05) is 0 Å². The maximum atomic E-state index is 11.9. The van der Waals surface area contributed by atoms with Crippen molar-refractivity contribution in [1.82, 2.24) is 10.2 Å². The first kappa shape index (κ1) is 18.1. The van der Waals surface area contributed by atoms with Crippen LogP contribution >= 0.6 is 0 Å². The Morgan fingerprint density at radius 1 is 1.23 bits per heavy atom. The van der Waals surface area contributed by atoms with Gasteiger partial charge in [-0.2, -0.15) is 13.2 Å². The summed E-state index contributed by atoms with van der Waals surface area (Å²) in [7, 11) is 3.19. The molecule has 5 nitrogen and oxygen atoms in total. The van der Waals surface area contributed by atoms with E-state index >= 15 is 0 Å². The molecule has 0 aliphatic heterocycles. The van der Waals surface area contributed by atoms with E-state index in [4.69, 9.17) is 9.47 Å². The zero-order valence-corrected chi connectivity index (χ0v) is 12.4. The highest BCUT2D eigenvalue weighted by molar-refractivity contribution is 5.77. The molecule has 0 atom stereocenters. The van der Waals surface area contributed by atoms with E-state index in [2.05, 4.69) is 0 Å². The lowest BCUT2D eigenvalue weighted by molar-refractivity contribution is -0.138. The Labute approximate surface area is 127 Å². The third kappa shape index (κ3) is 7.72. The Morgan fingerprint density at radius 2 is 1.82 bits per heavy atom. The van der Waals surface area contributed by atoms with E-state index < -0.39 is 18.6 Å². The van der Waals surface area contributed by atoms with E-state index in [1.54, 1.807) is 43.3 Å². The van der Waals surface area contributed by atoms with Gasteiger partial charge in [0.15, 0.2) is 0 Å². The van der Waals surface area contributed by atoms with Crippen LogP contribution < -0.4 is 14.8 Å². The molecule has 1 aromatic carbocycles. The predicted molar refractivity (Wildman–Crippen MR) is 75.1 cm³/mol. The van der Waals surface area contributed by atoms with Crippen molar-refractivity contribution in [3.8, 4) is 11.5 Å². The van der Waals surface area contributed by atoms with Crippen molar-refractivity contribution in [3.05, 3.63) is 24.3 Å². The van der Waals surface area contributed by atoms with Gasteiger partial charge in [0.2, 0.25) is 5.91 Å². The van der Waals surface area contributed by atoms with Crippen molar-refractivity contribution in [3.63, 3.8) is 0 Å². The standard InChI is InChI=1S/C14H19F3N2O3/c1-19(9-13(20)18-10-14(15,16)17)7-8-22-12-5-3-11(21-2)4-6-12/h3-6H,7-10H2,1-2H3,(H,18,20). The number of nitrogens with one attached hydrogen (secondary N) is 1. The quantitative estimate of drug-likeness (QED) is 0.792. The molecule has 0 aliphatic rings. The van der Waals surface area contributed by atoms with Crippen LogP contribution in [0.2, 0.25) is 0 Å². The van der Waals surface area contributed by atoms with Crippen LogP contribution in [0.5, 0.6) is 11.5 Å². The van der Waals surface area contributed by atoms with Crippen molar-refractivity contribution < 1.29 is 27.4 Å². The highest BCUT2D eigenvalue weighted by Gasteiger charge is 2.27. The molecule has 0 spiro atoms. The van der Waals surface area contributed by atoms with Crippen molar-refractivity contribution in [2.24, 2.45) is 0 Å². The Balaban J connectivity index is 2.22. The van der Waals surface area contributed by atoms with Crippen molar-refractivity contribution in [1.29, 1.82) is 0 Å². The van der Waals surface area contributed by atoms with E-state index in [9.17, 15) is 18.0 Å². The van der Waals surface area contributed by atoms with Crippen LogP contribution in [0, 0.1) is 0 Å². The number of hydrogen-bond acceptors (Lipinski definition) is 4. The molecule has 8 heteroatoms. The molecule has 1 amide bonds. The summed E-state index contributed by atoms with van der Waals surface area (Å²) in [6.07, 6.45) is -4.40. The lowest BCUT2D eigenvalue weighted by atomic mass is 10.3. The third-order valence-electron chi connectivity index (χ3n) is 2.70. The fourth-order valence-electron chi connectivity index (χ4n) is 1.57. The Hall–Kier alpha value is -1.96. The number of ether oxygens (including phenoxy) is 2. The molecule has 0 unspecified atom stereocenters. The number of nitrogens with zero attached hydrogens (tertiary/aromatic N) is 1. The highest BCUT2D eigenvalue weighted by atomic mass is 19.4. The van der Waals surface area contributed by atoms with Gasteiger partial charge in [0.1, 0.15) is 24.7 Å². The molecule has 0 saturated carbocycles. The number of halogens is 3. The molecule has 1 aromatic rings. The number of benzene rings is 1. The van der Waals surface area contributed by atoms with Crippen LogP contribution in [0.4, 0.5) is 13.2 Å². The number of carbonyl (C=O) groups excluding carboxylic acids is 1. The molecule has 0 aliphatic carbocycles. The molecule has 1 N–H and O–H groups in total. The average Bonchev–Trinajstić information content (AvgIpc) is 2.45. The van der Waals surface area contributed by atoms with Crippen LogP contribution in [0.3, 0.4) is 0 Å². The Morgan fingerprint density at radius 3 is 2.36 bits per heavy atom. The smallest absolute Gasteiger partial charge is 0.405 e. The molecule has 124 valence electrons. The van der Waals surface area contributed by atoms with Gasteiger partial charge >= 0.3 is 6.18 Å². The highest BCUT2D eigenvalue weighted by Crippen LogP contribution is 2.16. The SMILES string of the molecule is COc1ccc(OCCN(C)CC(=O)NCC(F)(F)F)cc1. The zero-order valence-electron chi connectivity index (χ0n) is 12.4.